The minimum atomic E-state index is -0.519. The standard InChI is InChI=1S/C33H33F2N3O3/c1-19(2)30(38-18-24(12-13-36)37-33(38)22-9-8-20(3)28(35)16-22)32-27(15-21-6-5-7-25(14-21)40-4)31(39)26-11-10-23(34)17-29(26)41-32/h5-11,14,16-19,30H,12-13,15,36H2,1-4H3. The molecule has 3 aromatic carbocycles. The number of hydrogen-bond acceptors (Lipinski definition) is 5. The molecule has 8 heteroatoms. The van der Waals surface area contributed by atoms with Crippen molar-refractivity contribution in [3.63, 3.8) is 0 Å². The smallest absolute Gasteiger partial charge is 0.196 e. The Morgan fingerprint density at radius 3 is 2.59 bits per heavy atom. The molecule has 2 aromatic heterocycles. The molecule has 0 aliphatic heterocycles. The lowest BCUT2D eigenvalue weighted by atomic mass is 9.93. The van der Waals surface area contributed by atoms with Crippen LogP contribution in [-0.4, -0.2) is 23.2 Å². The third kappa shape index (κ3) is 5.65. The summed E-state index contributed by atoms with van der Waals surface area (Å²) in [6.07, 6.45) is 2.67. The van der Waals surface area contributed by atoms with Gasteiger partial charge >= 0.3 is 0 Å². The van der Waals surface area contributed by atoms with E-state index >= 15 is 0 Å². The Morgan fingerprint density at radius 1 is 1.07 bits per heavy atom. The molecule has 0 spiro atoms. The SMILES string of the molecule is COc1cccc(Cc2c(C(C(C)C)n3cc(CCN)nc3-c3ccc(C)c(F)c3)oc3cc(F)ccc3c2=O)c1. The minimum Gasteiger partial charge on any atom is -0.497 e. The van der Waals surface area contributed by atoms with Crippen LogP contribution in [0.15, 0.2) is 76.1 Å². The van der Waals surface area contributed by atoms with Gasteiger partial charge in [0.1, 0.15) is 34.6 Å². The maximum absolute atomic E-state index is 14.7. The predicted octanol–water partition coefficient (Wildman–Crippen LogP) is 6.59. The van der Waals surface area contributed by atoms with Crippen molar-refractivity contribution in [2.24, 2.45) is 11.7 Å². The summed E-state index contributed by atoms with van der Waals surface area (Å²) in [6, 6.07) is 15.9. The van der Waals surface area contributed by atoms with Crippen molar-refractivity contribution < 1.29 is 17.9 Å². The summed E-state index contributed by atoms with van der Waals surface area (Å²) in [4.78, 5) is 18.8. The normalized spacial score (nSPS) is 12.3. The molecule has 5 aromatic rings. The lowest BCUT2D eigenvalue weighted by Gasteiger charge is -2.26. The van der Waals surface area contributed by atoms with E-state index in [4.69, 9.17) is 19.9 Å². The van der Waals surface area contributed by atoms with Crippen LogP contribution in [0.3, 0.4) is 0 Å². The van der Waals surface area contributed by atoms with Crippen LogP contribution in [0.25, 0.3) is 22.4 Å². The van der Waals surface area contributed by atoms with Gasteiger partial charge in [-0.1, -0.05) is 38.1 Å². The second kappa shape index (κ2) is 11.7. The largest absolute Gasteiger partial charge is 0.497 e. The molecule has 6 nitrogen and oxygen atoms in total. The molecule has 2 N–H and O–H groups in total. The van der Waals surface area contributed by atoms with Crippen molar-refractivity contribution >= 4 is 11.0 Å². The Morgan fingerprint density at radius 2 is 1.88 bits per heavy atom. The van der Waals surface area contributed by atoms with Crippen molar-refractivity contribution in [2.75, 3.05) is 13.7 Å². The average Bonchev–Trinajstić information content (AvgIpc) is 3.35. The average molecular weight is 558 g/mol. The third-order valence-electron chi connectivity index (χ3n) is 7.31. The number of hydrogen-bond donors (Lipinski definition) is 1. The first kappa shape index (κ1) is 28.2. The molecule has 1 atom stereocenters. The maximum Gasteiger partial charge on any atom is 0.196 e. The number of rotatable bonds is 9. The molecule has 2 heterocycles. The second-order valence-corrected chi connectivity index (χ2v) is 10.6. The topological polar surface area (TPSA) is 83.3 Å². The number of nitrogens with two attached hydrogens (primary N) is 1. The lowest BCUT2D eigenvalue weighted by Crippen LogP contribution is -2.23. The third-order valence-corrected chi connectivity index (χ3v) is 7.31. The van der Waals surface area contributed by atoms with Crippen molar-refractivity contribution in [1.29, 1.82) is 0 Å². The van der Waals surface area contributed by atoms with Gasteiger partial charge in [-0.3, -0.25) is 4.79 Å². The number of methoxy groups -OCH3 is 1. The Bertz CT molecular complexity index is 1770. The summed E-state index contributed by atoms with van der Waals surface area (Å²) in [7, 11) is 1.59. The Kier molecular flexibility index (Phi) is 8.03. The first-order valence-electron chi connectivity index (χ1n) is 13.6. The highest BCUT2D eigenvalue weighted by Crippen LogP contribution is 2.36. The fourth-order valence-electron chi connectivity index (χ4n) is 5.24. The number of nitrogens with zero attached hydrogens (tertiary/aromatic N) is 2. The fraction of sp³-hybridized carbons (Fsp3) is 0.273. The zero-order valence-electron chi connectivity index (χ0n) is 23.6. The summed E-state index contributed by atoms with van der Waals surface area (Å²) in [5.74, 6) is 0.655. The van der Waals surface area contributed by atoms with Gasteiger partial charge < -0.3 is 19.5 Å². The van der Waals surface area contributed by atoms with E-state index in [1.54, 1.807) is 20.1 Å². The van der Waals surface area contributed by atoms with Gasteiger partial charge in [-0.25, -0.2) is 13.8 Å². The molecule has 0 saturated heterocycles. The molecule has 0 amide bonds. The van der Waals surface area contributed by atoms with Crippen molar-refractivity contribution in [1.82, 2.24) is 9.55 Å². The van der Waals surface area contributed by atoms with Crippen LogP contribution >= 0.6 is 0 Å². The van der Waals surface area contributed by atoms with E-state index in [0.29, 0.717) is 52.4 Å². The summed E-state index contributed by atoms with van der Waals surface area (Å²) < 4.78 is 42.8. The van der Waals surface area contributed by atoms with Crippen molar-refractivity contribution in [3.05, 3.63) is 117 Å². The fourth-order valence-corrected chi connectivity index (χ4v) is 5.24. The van der Waals surface area contributed by atoms with Crippen LogP contribution < -0.4 is 15.9 Å². The van der Waals surface area contributed by atoms with E-state index in [1.807, 2.05) is 54.9 Å². The van der Waals surface area contributed by atoms with E-state index in [-0.39, 0.29) is 29.2 Å². The van der Waals surface area contributed by atoms with Crippen LogP contribution in [0.1, 0.15) is 48.0 Å². The number of benzene rings is 3. The first-order valence-corrected chi connectivity index (χ1v) is 13.6. The number of fused-ring (bicyclic) bond motifs is 1. The zero-order chi connectivity index (χ0) is 29.3. The highest BCUT2D eigenvalue weighted by molar-refractivity contribution is 5.77. The van der Waals surface area contributed by atoms with Crippen LogP contribution in [0, 0.1) is 24.5 Å². The van der Waals surface area contributed by atoms with Crippen LogP contribution in [0.2, 0.25) is 0 Å². The van der Waals surface area contributed by atoms with Gasteiger partial charge in [0, 0.05) is 36.2 Å². The number of imidazole rings is 1. The van der Waals surface area contributed by atoms with Gasteiger partial charge in [0.2, 0.25) is 0 Å². The highest BCUT2D eigenvalue weighted by Gasteiger charge is 2.30. The van der Waals surface area contributed by atoms with E-state index in [0.717, 1.165) is 11.3 Å². The van der Waals surface area contributed by atoms with Crippen LogP contribution in [-0.2, 0) is 12.8 Å². The van der Waals surface area contributed by atoms with Gasteiger partial charge in [-0.2, -0.15) is 0 Å². The number of aryl methyl sites for hydroxylation is 1. The zero-order valence-corrected chi connectivity index (χ0v) is 23.6. The van der Waals surface area contributed by atoms with Crippen LogP contribution in [0.4, 0.5) is 8.78 Å². The molecule has 0 radical (unpaired) electrons. The van der Waals surface area contributed by atoms with Crippen molar-refractivity contribution in [3.8, 4) is 17.1 Å². The quantitative estimate of drug-likeness (QED) is 0.221. The minimum absolute atomic E-state index is 0.0952. The molecular formula is C33H33F2N3O3. The Hall–Kier alpha value is -4.30. The lowest BCUT2D eigenvalue weighted by molar-refractivity contribution is 0.358. The summed E-state index contributed by atoms with van der Waals surface area (Å²) in [6.45, 7) is 6.11. The van der Waals surface area contributed by atoms with Gasteiger partial charge in [0.25, 0.3) is 0 Å². The summed E-state index contributed by atoms with van der Waals surface area (Å²) >= 11 is 0. The van der Waals surface area contributed by atoms with Crippen LogP contribution in [0.5, 0.6) is 5.75 Å². The molecule has 212 valence electrons. The molecule has 0 aliphatic carbocycles. The molecule has 1 unspecified atom stereocenters. The molecule has 0 aliphatic rings. The van der Waals surface area contributed by atoms with E-state index in [1.165, 1.54) is 24.3 Å². The van der Waals surface area contributed by atoms with E-state index < -0.39 is 11.9 Å². The Balaban J connectivity index is 1.78. The molecule has 0 fully saturated rings. The van der Waals surface area contributed by atoms with E-state index in [2.05, 4.69) is 0 Å². The number of aromatic nitrogens is 2. The maximum atomic E-state index is 14.7. The van der Waals surface area contributed by atoms with Gasteiger partial charge in [0.15, 0.2) is 5.43 Å². The molecular weight excluding hydrogens is 524 g/mol. The first-order chi connectivity index (χ1) is 19.7. The molecule has 41 heavy (non-hydrogen) atoms. The number of halogens is 2. The molecule has 0 saturated carbocycles. The Labute approximate surface area is 237 Å². The summed E-state index contributed by atoms with van der Waals surface area (Å²) in [5.41, 5.74) is 8.95. The monoisotopic (exact) mass is 557 g/mol. The van der Waals surface area contributed by atoms with E-state index in [9.17, 15) is 13.6 Å². The summed E-state index contributed by atoms with van der Waals surface area (Å²) in [5, 5.41) is 0.297. The predicted molar refractivity (Wildman–Crippen MR) is 156 cm³/mol. The second-order valence-electron chi connectivity index (χ2n) is 10.6. The van der Waals surface area contributed by atoms with Gasteiger partial charge in [0.05, 0.1) is 24.2 Å². The highest BCUT2D eigenvalue weighted by atomic mass is 19.1. The van der Waals surface area contributed by atoms with Gasteiger partial charge in [-0.05, 0) is 60.8 Å². The number of ether oxygens (including phenoxy) is 1. The van der Waals surface area contributed by atoms with Crippen molar-refractivity contribution in [2.45, 2.75) is 39.7 Å². The van der Waals surface area contributed by atoms with Gasteiger partial charge in [-0.15, -0.1) is 0 Å². The molecule has 0 bridgehead atoms. The molecule has 5 rings (SSSR count).